The van der Waals surface area contributed by atoms with Crippen molar-refractivity contribution in [3.8, 4) is 0 Å². The van der Waals surface area contributed by atoms with E-state index in [1.165, 1.54) is 5.56 Å². The summed E-state index contributed by atoms with van der Waals surface area (Å²) >= 11 is 0. The predicted molar refractivity (Wildman–Crippen MR) is 63.1 cm³/mol. The zero-order valence-corrected chi connectivity index (χ0v) is 9.10. The molecule has 0 heterocycles. The number of aliphatic hydroxyl groups excluding tert-OH is 1. The maximum Gasteiger partial charge on any atom is 0.328 e. The zero-order chi connectivity index (χ0) is 11.8. The Labute approximate surface area is 95.0 Å². The van der Waals surface area contributed by atoms with Gasteiger partial charge < -0.3 is 10.2 Å². The first-order valence-electron chi connectivity index (χ1n) is 5.33. The summed E-state index contributed by atoms with van der Waals surface area (Å²) in [7, 11) is 0. The van der Waals surface area contributed by atoms with Crippen molar-refractivity contribution < 1.29 is 15.0 Å². The number of carbonyl (C=O) groups is 1. The Bertz CT molecular complexity index is 352. The number of aliphatic hydroxyl groups is 1. The number of hydrogen-bond donors (Lipinski definition) is 2. The summed E-state index contributed by atoms with van der Waals surface area (Å²) in [6.07, 6.45) is 5.44. The molecular weight excluding hydrogens is 204 g/mol. The molecule has 3 nitrogen and oxygen atoms in total. The number of aryl methyl sites for hydroxylation is 1. The average molecular weight is 220 g/mol. The molecule has 1 aromatic carbocycles. The summed E-state index contributed by atoms with van der Waals surface area (Å²) in [5.41, 5.74) is 2.09. The lowest BCUT2D eigenvalue weighted by Gasteiger charge is -2.00. The molecule has 1 aromatic rings. The Kier molecular flexibility index (Phi) is 5.29. The van der Waals surface area contributed by atoms with Crippen molar-refractivity contribution >= 4 is 12.0 Å². The molecule has 0 atom stereocenters. The molecule has 0 bridgehead atoms. The highest BCUT2D eigenvalue weighted by molar-refractivity contribution is 5.85. The van der Waals surface area contributed by atoms with E-state index in [2.05, 4.69) is 0 Å². The number of benzene rings is 1. The molecule has 0 saturated carbocycles. The molecule has 0 fully saturated rings. The normalized spacial score (nSPS) is 10.8. The third kappa shape index (κ3) is 4.75. The van der Waals surface area contributed by atoms with Crippen molar-refractivity contribution in [2.24, 2.45) is 0 Å². The highest BCUT2D eigenvalue weighted by atomic mass is 16.4. The molecule has 1 rings (SSSR count). The van der Waals surface area contributed by atoms with Crippen molar-refractivity contribution in [2.45, 2.75) is 19.3 Å². The van der Waals surface area contributed by atoms with E-state index >= 15 is 0 Å². The van der Waals surface area contributed by atoms with Crippen LogP contribution in [0.4, 0.5) is 0 Å². The van der Waals surface area contributed by atoms with Crippen molar-refractivity contribution in [3.05, 3.63) is 41.5 Å². The number of aliphatic carboxylic acids is 1. The Balaban J connectivity index is 2.51. The van der Waals surface area contributed by atoms with Crippen molar-refractivity contribution in [2.75, 3.05) is 6.61 Å². The molecule has 0 radical (unpaired) electrons. The lowest BCUT2D eigenvalue weighted by Crippen LogP contribution is -1.89. The molecule has 2 N–H and O–H groups in total. The van der Waals surface area contributed by atoms with E-state index in [-0.39, 0.29) is 6.61 Å². The van der Waals surface area contributed by atoms with E-state index in [1.807, 2.05) is 24.3 Å². The second-order valence-corrected chi connectivity index (χ2v) is 3.59. The van der Waals surface area contributed by atoms with Gasteiger partial charge in [0.05, 0.1) is 0 Å². The van der Waals surface area contributed by atoms with Crippen LogP contribution in [0.15, 0.2) is 30.3 Å². The minimum absolute atomic E-state index is 0.236. The fourth-order valence-electron chi connectivity index (χ4n) is 1.40. The van der Waals surface area contributed by atoms with Gasteiger partial charge >= 0.3 is 5.97 Å². The summed E-state index contributed by atoms with van der Waals surface area (Å²) in [4.78, 5) is 10.3. The first-order valence-corrected chi connectivity index (χ1v) is 5.33. The first-order chi connectivity index (χ1) is 7.72. The Hall–Kier alpha value is -1.61. The van der Waals surface area contributed by atoms with Crippen LogP contribution in [-0.2, 0) is 11.2 Å². The van der Waals surface area contributed by atoms with E-state index in [0.29, 0.717) is 0 Å². The number of carboxylic acid groups (broad SMARTS) is 1. The van der Waals surface area contributed by atoms with Gasteiger partial charge in [-0.15, -0.1) is 0 Å². The minimum atomic E-state index is -0.938. The van der Waals surface area contributed by atoms with Crippen LogP contribution in [0.2, 0.25) is 0 Å². The van der Waals surface area contributed by atoms with Crippen LogP contribution in [0, 0.1) is 0 Å². The van der Waals surface area contributed by atoms with Crippen LogP contribution in [-0.4, -0.2) is 22.8 Å². The Morgan fingerprint density at radius 1 is 1.19 bits per heavy atom. The van der Waals surface area contributed by atoms with Crippen LogP contribution < -0.4 is 0 Å². The highest BCUT2D eigenvalue weighted by Gasteiger charge is 1.94. The fourth-order valence-corrected chi connectivity index (χ4v) is 1.40. The standard InChI is InChI=1S/C13H16O3/c14-10-2-1-3-11-4-6-12(7-5-11)8-9-13(15)16/h4-9,14H,1-3,10H2,(H,15,16). The molecule has 0 aliphatic rings. The van der Waals surface area contributed by atoms with Gasteiger partial charge in [0.15, 0.2) is 0 Å². The Morgan fingerprint density at radius 3 is 2.44 bits per heavy atom. The monoisotopic (exact) mass is 220 g/mol. The SMILES string of the molecule is O=C(O)C=Cc1ccc(CCCCO)cc1. The van der Waals surface area contributed by atoms with E-state index in [1.54, 1.807) is 6.08 Å². The van der Waals surface area contributed by atoms with Crippen LogP contribution in [0.25, 0.3) is 6.08 Å². The lowest BCUT2D eigenvalue weighted by atomic mass is 10.1. The van der Waals surface area contributed by atoms with Gasteiger partial charge in [-0.05, 0) is 36.5 Å². The molecule has 0 spiro atoms. The highest BCUT2D eigenvalue weighted by Crippen LogP contribution is 2.09. The molecule has 0 saturated heterocycles. The second kappa shape index (κ2) is 6.80. The van der Waals surface area contributed by atoms with Gasteiger partial charge in [-0.2, -0.15) is 0 Å². The number of unbranched alkanes of at least 4 members (excludes halogenated alkanes) is 1. The lowest BCUT2D eigenvalue weighted by molar-refractivity contribution is -0.131. The van der Waals surface area contributed by atoms with Crippen LogP contribution >= 0.6 is 0 Å². The molecule has 16 heavy (non-hydrogen) atoms. The quantitative estimate of drug-likeness (QED) is 0.570. The van der Waals surface area contributed by atoms with E-state index in [4.69, 9.17) is 10.2 Å². The third-order valence-corrected chi connectivity index (χ3v) is 2.27. The van der Waals surface area contributed by atoms with Gasteiger partial charge in [-0.3, -0.25) is 0 Å². The summed E-state index contributed by atoms with van der Waals surface area (Å²) in [6.45, 7) is 0.236. The maximum atomic E-state index is 10.3. The molecule has 0 aliphatic carbocycles. The van der Waals surface area contributed by atoms with Gasteiger partial charge in [0.1, 0.15) is 0 Å². The van der Waals surface area contributed by atoms with Crippen LogP contribution in [0.5, 0.6) is 0 Å². The molecule has 0 amide bonds. The first kappa shape index (κ1) is 12.5. The third-order valence-electron chi connectivity index (χ3n) is 2.27. The van der Waals surface area contributed by atoms with Crippen molar-refractivity contribution in [1.29, 1.82) is 0 Å². The van der Waals surface area contributed by atoms with E-state index < -0.39 is 5.97 Å². The van der Waals surface area contributed by atoms with Crippen LogP contribution in [0.3, 0.4) is 0 Å². The number of hydrogen-bond acceptors (Lipinski definition) is 2. The molecule has 86 valence electrons. The average Bonchev–Trinajstić information content (AvgIpc) is 2.28. The number of carboxylic acids is 1. The molecular formula is C13H16O3. The van der Waals surface area contributed by atoms with Gasteiger partial charge in [0.25, 0.3) is 0 Å². The van der Waals surface area contributed by atoms with Gasteiger partial charge in [-0.25, -0.2) is 4.79 Å². The van der Waals surface area contributed by atoms with E-state index in [9.17, 15) is 4.79 Å². The molecule has 0 unspecified atom stereocenters. The van der Waals surface area contributed by atoms with Gasteiger partial charge in [-0.1, -0.05) is 24.3 Å². The predicted octanol–water partition coefficient (Wildman–Crippen LogP) is 2.10. The smallest absolute Gasteiger partial charge is 0.328 e. The largest absolute Gasteiger partial charge is 0.478 e. The van der Waals surface area contributed by atoms with Gasteiger partial charge in [0, 0.05) is 12.7 Å². The number of rotatable bonds is 6. The summed E-state index contributed by atoms with van der Waals surface area (Å²) in [5.74, 6) is -0.938. The van der Waals surface area contributed by atoms with Crippen molar-refractivity contribution in [1.82, 2.24) is 0 Å². The summed E-state index contributed by atoms with van der Waals surface area (Å²) in [6, 6.07) is 7.76. The summed E-state index contributed by atoms with van der Waals surface area (Å²) in [5, 5.41) is 17.1. The summed E-state index contributed by atoms with van der Waals surface area (Å²) < 4.78 is 0. The minimum Gasteiger partial charge on any atom is -0.478 e. The molecule has 3 heteroatoms. The van der Waals surface area contributed by atoms with E-state index in [0.717, 1.165) is 30.9 Å². The molecule has 0 aromatic heterocycles. The van der Waals surface area contributed by atoms with Crippen molar-refractivity contribution in [3.63, 3.8) is 0 Å². The van der Waals surface area contributed by atoms with Gasteiger partial charge in [0.2, 0.25) is 0 Å². The Morgan fingerprint density at radius 2 is 1.88 bits per heavy atom. The fraction of sp³-hybridized carbons (Fsp3) is 0.308. The maximum absolute atomic E-state index is 10.3. The zero-order valence-electron chi connectivity index (χ0n) is 9.10. The topological polar surface area (TPSA) is 57.5 Å². The van der Waals surface area contributed by atoms with Crippen LogP contribution in [0.1, 0.15) is 24.0 Å². The molecule has 0 aliphatic heterocycles. The second-order valence-electron chi connectivity index (χ2n) is 3.59.